The second kappa shape index (κ2) is 8.82. The number of hydrogen-bond donors (Lipinski definition) is 1. The molecule has 0 spiro atoms. The Morgan fingerprint density at radius 2 is 2.10 bits per heavy atom. The molecule has 2 fully saturated rings. The van der Waals surface area contributed by atoms with Crippen molar-refractivity contribution in [3.63, 3.8) is 0 Å². The van der Waals surface area contributed by atoms with Crippen LogP contribution in [0, 0.1) is 11.8 Å². The lowest BCUT2D eigenvalue weighted by molar-refractivity contribution is -0.137. The Kier molecular flexibility index (Phi) is 7.80. The molecule has 0 aromatic carbocycles. The molecule has 2 saturated heterocycles. The zero-order valence-corrected chi connectivity index (χ0v) is 13.1. The van der Waals surface area contributed by atoms with Crippen LogP contribution in [0.25, 0.3) is 0 Å². The standard InChI is InChI=1S/C14H26N2O3.ClH/c1-18-10-11-3-2-6-16(9-11)14(17)13(15)12-4-7-19-8-5-12;/h11-13H,2-10,15H2,1H3;1H. The van der Waals surface area contributed by atoms with Crippen LogP contribution in [0.4, 0.5) is 0 Å². The molecule has 2 heterocycles. The Labute approximate surface area is 127 Å². The van der Waals surface area contributed by atoms with E-state index in [2.05, 4.69) is 0 Å². The molecule has 1 amide bonds. The summed E-state index contributed by atoms with van der Waals surface area (Å²) < 4.78 is 10.5. The number of amides is 1. The average molecular weight is 307 g/mol. The molecule has 5 nitrogen and oxygen atoms in total. The summed E-state index contributed by atoms with van der Waals surface area (Å²) in [4.78, 5) is 14.4. The van der Waals surface area contributed by atoms with Gasteiger partial charge < -0.3 is 20.1 Å². The van der Waals surface area contributed by atoms with Gasteiger partial charge in [0.2, 0.25) is 5.91 Å². The van der Waals surface area contributed by atoms with Gasteiger partial charge in [0.25, 0.3) is 0 Å². The maximum Gasteiger partial charge on any atom is 0.239 e. The first kappa shape index (κ1) is 17.7. The van der Waals surface area contributed by atoms with Crippen LogP contribution in [0.15, 0.2) is 0 Å². The topological polar surface area (TPSA) is 64.8 Å². The molecular formula is C14H27ClN2O3. The van der Waals surface area contributed by atoms with Crippen LogP contribution in [0.2, 0.25) is 0 Å². The van der Waals surface area contributed by atoms with Crippen LogP contribution in [-0.2, 0) is 14.3 Å². The maximum absolute atomic E-state index is 12.5. The molecular weight excluding hydrogens is 280 g/mol. The molecule has 2 aliphatic heterocycles. The smallest absolute Gasteiger partial charge is 0.239 e. The van der Waals surface area contributed by atoms with Gasteiger partial charge in [0.05, 0.1) is 12.6 Å². The van der Waals surface area contributed by atoms with Gasteiger partial charge >= 0.3 is 0 Å². The first-order chi connectivity index (χ1) is 9.22. The fraction of sp³-hybridized carbons (Fsp3) is 0.929. The molecule has 2 atom stereocenters. The van der Waals surface area contributed by atoms with Crippen molar-refractivity contribution in [3.8, 4) is 0 Å². The number of nitrogens with two attached hydrogens (primary N) is 1. The number of carbonyl (C=O) groups is 1. The Balaban J connectivity index is 0.00000200. The number of carbonyl (C=O) groups excluding carboxylic acids is 1. The highest BCUT2D eigenvalue weighted by molar-refractivity contribution is 5.85. The van der Waals surface area contributed by atoms with Gasteiger partial charge in [-0.25, -0.2) is 0 Å². The first-order valence-electron chi connectivity index (χ1n) is 7.33. The number of hydrogen-bond acceptors (Lipinski definition) is 4. The summed E-state index contributed by atoms with van der Waals surface area (Å²) in [5, 5.41) is 0. The van der Waals surface area contributed by atoms with Gasteiger partial charge in [-0.3, -0.25) is 4.79 Å². The number of methoxy groups -OCH3 is 1. The van der Waals surface area contributed by atoms with Crippen molar-refractivity contribution in [2.75, 3.05) is 40.0 Å². The Morgan fingerprint density at radius 3 is 2.75 bits per heavy atom. The minimum atomic E-state index is -0.356. The highest BCUT2D eigenvalue weighted by Gasteiger charge is 2.32. The molecule has 6 heteroatoms. The lowest BCUT2D eigenvalue weighted by Gasteiger charge is -2.36. The molecule has 2 N–H and O–H groups in total. The molecule has 2 rings (SSSR count). The van der Waals surface area contributed by atoms with Crippen LogP contribution < -0.4 is 5.73 Å². The summed E-state index contributed by atoms with van der Waals surface area (Å²) in [7, 11) is 1.72. The van der Waals surface area contributed by atoms with Crippen molar-refractivity contribution in [2.45, 2.75) is 31.7 Å². The van der Waals surface area contributed by atoms with Crippen molar-refractivity contribution in [2.24, 2.45) is 17.6 Å². The van der Waals surface area contributed by atoms with E-state index >= 15 is 0 Å². The maximum atomic E-state index is 12.5. The average Bonchev–Trinajstić information content (AvgIpc) is 2.47. The van der Waals surface area contributed by atoms with E-state index in [4.69, 9.17) is 15.2 Å². The Bertz CT molecular complexity index is 296. The predicted octanol–water partition coefficient (Wildman–Crippen LogP) is 1.05. The summed E-state index contributed by atoms with van der Waals surface area (Å²) in [5.74, 6) is 0.862. The molecule has 20 heavy (non-hydrogen) atoms. The fourth-order valence-corrected chi connectivity index (χ4v) is 3.12. The third-order valence-corrected chi connectivity index (χ3v) is 4.29. The summed E-state index contributed by atoms with van der Waals surface area (Å²) >= 11 is 0. The number of piperidine rings is 1. The van der Waals surface area contributed by atoms with E-state index in [1.54, 1.807) is 7.11 Å². The van der Waals surface area contributed by atoms with E-state index < -0.39 is 0 Å². The predicted molar refractivity (Wildman–Crippen MR) is 79.9 cm³/mol. The lowest BCUT2D eigenvalue weighted by Crippen LogP contribution is -2.52. The summed E-state index contributed by atoms with van der Waals surface area (Å²) in [5.41, 5.74) is 6.16. The van der Waals surface area contributed by atoms with Gasteiger partial charge in [0.1, 0.15) is 0 Å². The molecule has 2 aliphatic rings. The first-order valence-corrected chi connectivity index (χ1v) is 7.33. The van der Waals surface area contributed by atoms with E-state index in [9.17, 15) is 4.79 Å². The molecule has 2 unspecified atom stereocenters. The largest absolute Gasteiger partial charge is 0.384 e. The van der Waals surface area contributed by atoms with E-state index in [0.717, 1.165) is 58.6 Å². The minimum Gasteiger partial charge on any atom is -0.384 e. The second-order valence-electron chi connectivity index (χ2n) is 5.72. The van der Waals surface area contributed by atoms with Gasteiger partial charge in [0.15, 0.2) is 0 Å². The van der Waals surface area contributed by atoms with Gasteiger partial charge in [-0.15, -0.1) is 12.4 Å². The fourth-order valence-electron chi connectivity index (χ4n) is 3.12. The zero-order valence-electron chi connectivity index (χ0n) is 12.3. The second-order valence-corrected chi connectivity index (χ2v) is 5.72. The van der Waals surface area contributed by atoms with Crippen molar-refractivity contribution < 1.29 is 14.3 Å². The molecule has 118 valence electrons. The van der Waals surface area contributed by atoms with E-state index in [1.165, 1.54) is 0 Å². The van der Waals surface area contributed by atoms with Crippen LogP contribution in [0.3, 0.4) is 0 Å². The third kappa shape index (κ3) is 4.58. The van der Waals surface area contributed by atoms with Crippen molar-refractivity contribution >= 4 is 18.3 Å². The third-order valence-electron chi connectivity index (χ3n) is 4.29. The van der Waals surface area contributed by atoms with E-state index in [1.807, 2.05) is 4.90 Å². The van der Waals surface area contributed by atoms with Crippen LogP contribution in [0.5, 0.6) is 0 Å². The monoisotopic (exact) mass is 306 g/mol. The Morgan fingerprint density at radius 1 is 1.40 bits per heavy atom. The van der Waals surface area contributed by atoms with Gasteiger partial charge in [-0.2, -0.15) is 0 Å². The molecule has 0 aromatic heterocycles. The van der Waals surface area contributed by atoms with Crippen molar-refractivity contribution in [1.82, 2.24) is 4.90 Å². The quantitative estimate of drug-likeness (QED) is 0.843. The summed E-state index contributed by atoms with van der Waals surface area (Å²) in [6.45, 7) is 3.84. The molecule has 0 aromatic rings. The molecule has 0 radical (unpaired) electrons. The van der Waals surface area contributed by atoms with Gasteiger partial charge in [-0.1, -0.05) is 0 Å². The summed E-state index contributed by atoms with van der Waals surface area (Å²) in [6.07, 6.45) is 4.01. The number of halogens is 1. The van der Waals surface area contributed by atoms with E-state index in [0.29, 0.717) is 5.92 Å². The van der Waals surface area contributed by atoms with Crippen LogP contribution >= 0.6 is 12.4 Å². The van der Waals surface area contributed by atoms with Gasteiger partial charge in [0, 0.05) is 33.4 Å². The molecule has 0 aliphatic carbocycles. The Hall–Kier alpha value is -0.360. The highest BCUT2D eigenvalue weighted by Crippen LogP contribution is 2.22. The van der Waals surface area contributed by atoms with Crippen LogP contribution in [0.1, 0.15) is 25.7 Å². The molecule has 0 saturated carbocycles. The number of rotatable bonds is 4. The minimum absolute atomic E-state index is 0. The SMILES string of the molecule is COCC1CCCN(C(=O)C(N)C2CCOCC2)C1.Cl. The number of ether oxygens (including phenoxy) is 2. The van der Waals surface area contributed by atoms with Crippen molar-refractivity contribution in [3.05, 3.63) is 0 Å². The van der Waals surface area contributed by atoms with Crippen LogP contribution in [-0.4, -0.2) is 56.9 Å². The summed E-state index contributed by atoms with van der Waals surface area (Å²) in [6, 6.07) is -0.356. The lowest BCUT2D eigenvalue weighted by atomic mass is 9.90. The van der Waals surface area contributed by atoms with Crippen molar-refractivity contribution in [1.29, 1.82) is 0 Å². The number of likely N-dealkylation sites (tertiary alicyclic amines) is 1. The van der Waals surface area contributed by atoms with E-state index in [-0.39, 0.29) is 30.3 Å². The molecule has 0 bridgehead atoms. The number of nitrogens with zero attached hydrogens (tertiary/aromatic N) is 1. The zero-order chi connectivity index (χ0) is 13.7. The normalized spacial score (nSPS) is 25.9. The highest BCUT2D eigenvalue weighted by atomic mass is 35.5. The van der Waals surface area contributed by atoms with Gasteiger partial charge in [-0.05, 0) is 37.5 Å².